The lowest BCUT2D eigenvalue weighted by molar-refractivity contribution is 0.103. The maximum atomic E-state index is 13.3. The second-order valence-corrected chi connectivity index (χ2v) is 7.58. The maximum absolute atomic E-state index is 13.3. The number of para-hydroxylation sites is 1. The number of anilines is 1. The summed E-state index contributed by atoms with van der Waals surface area (Å²) in [5.74, 6) is -0.0502. The Morgan fingerprint density at radius 2 is 1.58 bits per heavy atom. The molecule has 3 nitrogen and oxygen atoms in total. The number of benzene rings is 3. The first kappa shape index (κ1) is 15.4. The lowest BCUT2D eigenvalue weighted by Gasteiger charge is -2.22. The highest BCUT2D eigenvalue weighted by Crippen LogP contribution is 2.40. The summed E-state index contributed by atoms with van der Waals surface area (Å²) in [4.78, 5) is 18.6. The van der Waals surface area contributed by atoms with E-state index in [2.05, 4.69) is 0 Å². The van der Waals surface area contributed by atoms with Crippen molar-refractivity contribution in [2.24, 2.45) is 0 Å². The molecule has 1 aliphatic rings. The minimum atomic E-state index is -0.0502. The normalized spacial score (nSPS) is 12.9. The summed E-state index contributed by atoms with van der Waals surface area (Å²) >= 11 is 7.25. The molecule has 0 radical (unpaired) electrons. The van der Waals surface area contributed by atoms with Crippen LogP contribution < -0.4 is 5.73 Å². The number of hydrogen-bond acceptors (Lipinski definition) is 5. The SMILES string of the molecule is Nc1ccc(-c2nc3ccccc3s2)c2c1C(=S)c1ccccc1C2=O. The molecule has 0 saturated heterocycles. The number of aromatic nitrogens is 1. The molecule has 5 heteroatoms. The summed E-state index contributed by atoms with van der Waals surface area (Å²) in [6.45, 7) is 0. The van der Waals surface area contributed by atoms with E-state index < -0.39 is 0 Å². The number of rotatable bonds is 1. The van der Waals surface area contributed by atoms with Gasteiger partial charge in [-0.2, -0.15) is 0 Å². The monoisotopic (exact) mass is 372 g/mol. The van der Waals surface area contributed by atoms with Gasteiger partial charge in [-0.3, -0.25) is 4.79 Å². The molecule has 1 aromatic heterocycles. The maximum Gasteiger partial charge on any atom is 0.195 e. The minimum Gasteiger partial charge on any atom is -0.398 e. The third kappa shape index (κ3) is 2.08. The minimum absolute atomic E-state index is 0.0502. The van der Waals surface area contributed by atoms with Gasteiger partial charge in [0.15, 0.2) is 5.78 Å². The van der Waals surface area contributed by atoms with Crippen LogP contribution in [0.25, 0.3) is 20.8 Å². The number of nitrogens with zero attached hydrogens (tertiary/aromatic N) is 1. The first-order valence-electron chi connectivity index (χ1n) is 8.12. The van der Waals surface area contributed by atoms with Crippen LogP contribution in [0.1, 0.15) is 27.0 Å². The standard InChI is InChI=1S/C21H12N2OS2/c22-14-10-9-13(21-23-15-7-3-4-8-16(15)26-21)17-18(14)20(25)12-6-2-1-5-11(12)19(17)24/h1-10H,22H2. The lowest BCUT2D eigenvalue weighted by Crippen LogP contribution is -2.22. The van der Waals surface area contributed by atoms with Gasteiger partial charge in [-0.15, -0.1) is 11.3 Å². The fourth-order valence-corrected chi connectivity index (χ4v) is 4.81. The number of nitrogens with two attached hydrogens (primary N) is 1. The number of thiocarbonyl (C=S) groups is 1. The molecule has 2 N–H and O–H groups in total. The number of carbonyl (C=O) groups is 1. The molecule has 0 fully saturated rings. The quantitative estimate of drug-likeness (QED) is 0.337. The number of hydrogen-bond donors (Lipinski definition) is 1. The number of thiazole rings is 1. The van der Waals surface area contributed by atoms with E-state index in [0.29, 0.717) is 27.2 Å². The van der Waals surface area contributed by atoms with E-state index in [9.17, 15) is 4.79 Å². The van der Waals surface area contributed by atoms with Crippen LogP contribution in [0, 0.1) is 0 Å². The zero-order valence-corrected chi connectivity index (χ0v) is 15.2. The van der Waals surface area contributed by atoms with Crippen LogP contribution in [0.3, 0.4) is 0 Å². The Hall–Kier alpha value is -2.89. The van der Waals surface area contributed by atoms with Gasteiger partial charge in [0.2, 0.25) is 0 Å². The molecule has 1 aliphatic carbocycles. The van der Waals surface area contributed by atoms with Gasteiger partial charge in [0.05, 0.1) is 15.1 Å². The molecule has 0 unspecified atom stereocenters. The van der Waals surface area contributed by atoms with Crippen molar-refractivity contribution in [2.75, 3.05) is 5.73 Å². The van der Waals surface area contributed by atoms with Gasteiger partial charge in [0.1, 0.15) is 5.01 Å². The summed E-state index contributed by atoms with van der Waals surface area (Å²) in [7, 11) is 0. The van der Waals surface area contributed by atoms with Crippen LogP contribution >= 0.6 is 23.6 Å². The first-order chi connectivity index (χ1) is 12.6. The fourth-order valence-electron chi connectivity index (χ4n) is 3.41. The van der Waals surface area contributed by atoms with E-state index in [1.165, 1.54) is 0 Å². The highest BCUT2D eigenvalue weighted by atomic mass is 32.1. The highest BCUT2D eigenvalue weighted by molar-refractivity contribution is 7.81. The summed E-state index contributed by atoms with van der Waals surface area (Å²) in [6, 6.07) is 19.1. The van der Waals surface area contributed by atoms with Crippen LogP contribution in [-0.4, -0.2) is 15.6 Å². The van der Waals surface area contributed by atoms with Crippen molar-refractivity contribution in [1.82, 2.24) is 4.98 Å². The number of ketones is 1. The van der Waals surface area contributed by atoms with E-state index >= 15 is 0 Å². The van der Waals surface area contributed by atoms with Crippen molar-refractivity contribution >= 4 is 50.1 Å². The van der Waals surface area contributed by atoms with Crippen LogP contribution in [0.15, 0.2) is 60.7 Å². The molecule has 0 saturated carbocycles. The molecule has 0 bridgehead atoms. The lowest BCUT2D eigenvalue weighted by atomic mass is 9.82. The van der Waals surface area contributed by atoms with Gasteiger partial charge in [-0.05, 0) is 24.3 Å². The van der Waals surface area contributed by atoms with Crippen molar-refractivity contribution in [3.05, 3.63) is 82.9 Å². The molecular weight excluding hydrogens is 360 g/mol. The Kier molecular flexibility index (Phi) is 3.29. The third-order valence-electron chi connectivity index (χ3n) is 4.63. The van der Waals surface area contributed by atoms with Crippen molar-refractivity contribution in [1.29, 1.82) is 0 Å². The Balaban J connectivity index is 1.82. The van der Waals surface area contributed by atoms with Gasteiger partial charge in [0, 0.05) is 33.5 Å². The molecule has 0 atom stereocenters. The molecule has 3 aromatic carbocycles. The smallest absolute Gasteiger partial charge is 0.195 e. The van der Waals surface area contributed by atoms with Crippen molar-refractivity contribution in [3.8, 4) is 10.6 Å². The fraction of sp³-hybridized carbons (Fsp3) is 0. The second-order valence-electron chi connectivity index (χ2n) is 6.14. The van der Waals surface area contributed by atoms with Crippen LogP contribution in [0.2, 0.25) is 0 Å². The largest absolute Gasteiger partial charge is 0.398 e. The van der Waals surface area contributed by atoms with Crippen LogP contribution in [0.5, 0.6) is 0 Å². The molecule has 0 amide bonds. The van der Waals surface area contributed by atoms with Gasteiger partial charge < -0.3 is 5.73 Å². The van der Waals surface area contributed by atoms with E-state index in [0.717, 1.165) is 26.4 Å². The predicted octanol–water partition coefficient (Wildman–Crippen LogP) is 4.86. The van der Waals surface area contributed by atoms with E-state index in [-0.39, 0.29) is 5.78 Å². The van der Waals surface area contributed by atoms with Gasteiger partial charge in [-0.1, -0.05) is 48.6 Å². The Labute approximate surface area is 159 Å². The molecule has 1 heterocycles. The Morgan fingerprint density at radius 3 is 2.38 bits per heavy atom. The Bertz CT molecular complexity index is 1210. The van der Waals surface area contributed by atoms with Crippen molar-refractivity contribution in [2.45, 2.75) is 0 Å². The van der Waals surface area contributed by atoms with Gasteiger partial charge >= 0.3 is 0 Å². The summed E-state index contributed by atoms with van der Waals surface area (Å²) in [5, 5.41) is 0.804. The molecular formula is C21H12N2OS2. The van der Waals surface area contributed by atoms with Crippen molar-refractivity contribution < 1.29 is 4.79 Å². The number of fused-ring (bicyclic) bond motifs is 3. The number of carbonyl (C=O) groups excluding carboxylic acids is 1. The summed E-state index contributed by atoms with van der Waals surface area (Å²) in [6.07, 6.45) is 0. The average molecular weight is 372 g/mol. The molecule has 5 rings (SSSR count). The Morgan fingerprint density at radius 1 is 0.846 bits per heavy atom. The topological polar surface area (TPSA) is 56.0 Å². The van der Waals surface area contributed by atoms with Crippen LogP contribution in [0.4, 0.5) is 5.69 Å². The average Bonchev–Trinajstić information content (AvgIpc) is 3.10. The summed E-state index contributed by atoms with van der Waals surface area (Å²) < 4.78 is 1.08. The highest BCUT2D eigenvalue weighted by Gasteiger charge is 2.31. The van der Waals surface area contributed by atoms with E-state index in [1.807, 2.05) is 60.7 Å². The molecule has 0 spiro atoms. The zero-order valence-electron chi connectivity index (χ0n) is 13.5. The number of nitrogen functional groups attached to an aromatic ring is 1. The van der Waals surface area contributed by atoms with E-state index in [1.54, 1.807) is 11.3 Å². The first-order valence-corrected chi connectivity index (χ1v) is 9.34. The zero-order chi connectivity index (χ0) is 17.8. The molecule has 0 aliphatic heterocycles. The predicted molar refractivity (Wildman–Crippen MR) is 110 cm³/mol. The van der Waals surface area contributed by atoms with Crippen LogP contribution in [-0.2, 0) is 0 Å². The van der Waals surface area contributed by atoms with Gasteiger partial charge in [0.25, 0.3) is 0 Å². The molecule has 26 heavy (non-hydrogen) atoms. The molecule has 4 aromatic rings. The molecule has 124 valence electrons. The summed E-state index contributed by atoms with van der Waals surface area (Å²) in [5.41, 5.74) is 11.1. The van der Waals surface area contributed by atoms with E-state index in [4.69, 9.17) is 22.9 Å². The van der Waals surface area contributed by atoms with Crippen molar-refractivity contribution in [3.63, 3.8) is 0 Å². The third-order valence-corrected chi connectivity index (χ3v) is 6.13. The van der Waals surface area contributed by atoms with Gasteiger partial charge in [-0.25, -0.2) is 4.98 Å². The second kappa shape index (κ2) is 5.56.